The highest BCUT2D eigenvalue weighted by Crippen LogP contribution is 2.18. The van der Waals surface area contributed by atoms with E-state index in [9.17, 15) is 9.90 Å². The van der Waals surface area contributed by atoms with Crippen LogP contribution >= 0.6 is 11.3 Å². The number of aliphatic hydroxyl groups excluding tert-OH is 1. The molecule has 0 aliphatic heterocycles. The van der Waals surface area contributed by atoms with Crippen LogP contribution in [0.4, 0.5) is 0 Å². The first-order chi connectivity index (χ1) is 7.99. The lowest BCUT2D eigenvalue weighted by molar-refractivity contribution is -0.136. The van der Waals surface area contributed by atoms with Crippen LogP contribution in [0.15, 0.2) is 12.1 Å². The molecule has 1 rings (SSSR count). The van der Waals surface area contributed by atoms with Gasteiger partial charge >= 0.3 is 5.97 Å². The van der Waals surface area contributed by atoms with Gasteiger partial charge in [0.05, 0.1) is 13.0 Å². The van der Waals surface area contributed by atoms with Crippen molar-refractivity contribution in [1.82, 2.24) is 5.32 Å². The number of rotatable bonds is 7. The molecule has 0 aromatic carbocycles. The lowest BCUT2D eigenvalue weighted by Gasteiger charge is -2.26. The molecule has 3 N–H and O–H groups in total. The topological polar surface area (TPSA) is 69.6 Å². The highest BCUT2D eigenvalue weighted by molar-refractivity contribution is 7.12. The van der Waals surface area contributed by atoms with E-state index < -0.39 is 5.97 Å². The number of thiophene rings is 1. The van der Waals surface area contributed by atoms with Crippen LogP contribution in [0.3, 0.4) is 0 Å². The second-order valence-corrected chi connectivity index (χ2v) is 5.62. The van der Waals surface area contributed by atoms with E-state index in [2.05, 4.69) is 5.32 Å². The molecule has 1 aromatic heterocycles. The predicted molar refractivity (Wildman–Crippen MR) is 68.3 cm³/mol. The van der Waals surface area contributed by atoms with Crippen LogP contribution in [-0.2, 0) is 17.8 Å². The van der Waals surface area contributed by atoms with E-state index in [1.54, 1.807) is 0 Å². The van der Waals surface area contributed by atoms with Gasteiger partial charge in [-0.15, -0.1) is 11.3 Å². The Hall–Kier alpha value is -0.910. The number of hydrogen-bond donors (Lipinski definition) is 3. The minimum atomic E-state index is -0.805. The largest absolute Gasteiger partial charge is 0.481 e. The molecule has 0 aliphatic carbocycles. The molecule has 0 fully saturated rings. The van der Waals surface area contributed by atoms with Crippen LogP contribution in [0.1, 0.15) is 30.0 Å². The van der Waals surface area contributed by atoms with Crippen molar-refractivity contribution < 1.29 is 15.0 Å². The van der Waals surface area contributed by atoms with Crippen molar-refractivity contribution in [3.05, 3.63) is 21.9 Å². The maximum absolute atomic E-state index is 10.5. The lowest BCUT2D eigenvalue weighted by Crippen LogP contribution is -2.44. The highest BCUT2D eigenvalue weighted by atomic mass is 32.1. The molecule has 5 heteroatoms. The standard InChI is InChI=1S/C12H19NO3S/c1-3-12(2,8-14)13-7-10-5-4-9(17-10)6-11(15)16/h4-5,13-14H,3,6-8H2,1-2H3,(H,15,16). The Morgan fingerprint density at radius 2 is 2.12 bits per heavy atom. The fraction of sp³-hybridized carbons (Fsp3) is 0.583. The van der Waals surface area contributed by atoms with Crippen LogP contribution < -0.4 is 5.32 Å². The summed E-state index contributed by atoms with van der Waals surface area (Å²) in [6.45, 7) is 4.75. The third-order valence-corrected chi connectivity index (χ3v) is 3.95. The molecule has 0 aliphatic rings. The second-order valence-electron chi connectivity index (χ2n) is 4.36. The molecular weight excluding hydrogens is 238 g/mol. The predicted octanol–water partition coefficient (Wildman–Crippen LogP) is 1.63. The van der Waals surface area contributed by atoms with E-state index >= 15 is 0 Å². The first-order valence-electron chi connectivity index (χ1n) is 5.64. The Morgan fingerprint density at radius 3 is 2.65 bits per heavy atom. The molecular formula is C12H19NO3S. The van der Waals surface area contributed by atoms with E-state index in [0.29, 0.717) is 6.54 Å². The second kappa shape index (κ2) is 6.14. The van der Waals surface area contributed by atoms with E-state index in [-0.39, 0.29) is 18.6 Å². The Labute approximate surface area is 105 Å². The SMILES string of the molecule is CCC(C)(CO)NCc1ccc(CC(=O)O)s1. The smallest absolute Gasteiger partial charge is 0.308 e. The van der Waals surface area contributed by atoms with E-state index in [4.69, 9.17) is 5.11 Å². The third kappa shape index (κ3) is 4.46. The Morgan fingerprint density at radius 1 is 1.47 bits per heavy atom. The number of carboxylic acids is 1. The van der Waals surface area contributed by atoms with E-state index in [1.165, 1.54) is 11.3 Å². The van der Waals surface area contributed by atoms with Crippen molar-refractivity contribution in [2.75, 3.05) is 6.61 Å². The van der Waals surface area contributed by atoms with Crippen LogP contribution in [0.5, 0.6) is 0 Å². The van der Waals surface area contributed by atoms with Crippen LogP contribution in [0, 0.1) is 0 Å². The fourth-order valence-corrected chi connectivity index (χ4v) is 2.30. The molecule has 1 atom stereocenters. The van der Waals surface area contributed by atoms with Gasteiger partial charge in [0.25, 0.3) is 0 Å². The summed E-state index contributed by atoms with van der Waals surface area (Å²) in [7, 11) is 0. The molecule has 0 bridgehead atoms. The lowest BCUT2D eigenvalue weighted by atomic mass is 10.0. The average Bonchev–Trinajstić information content (AvgIpc) is 2.73. The summed E-state index contributed by atoms with van der Waals surface area (Å²) in [5.41, 5.74) is -0.267. The van der Waals surface area contributed by atoms with Crippen LogP contribution in [0.2, 0.25) is 0 Å². The zero-order chi connectivity index (χ0) is 12.9. The summed E-state index contributed by atoms with van der Waals surface area (Å²) in [6.07, 6.45) is 0.923. The summed E-state index contributed by atoms with van der Waals surface area (Å²) in [5.74, 6) is -0.805. The van der Waals surface area contributed by atoms with Gasteiger partial charge in [-0.2, -0.15) is 0 Å². The summed E-state index contributed by atoms with van der Waals surface area (Å²) in [4.78, 5) is 12.5. The zero-order valence-electron chi connectivity index (χ0n) is 10.2. The molecule has 0 spiro atoms. The Balaban J connectivity index is 2.52. The molecule has 1 heterocycles. The van der Waals surface area contributed by atoms with Crippen molar-refractivity contribution in [2.45, 2.75) is 38.8 Å². The molecule has 1 aromatic rings. The monoisotopic (exact) mass is 257 g/mol. The van der Waals surface area contributed by atoms with Gasteiger partial charge in [-0.05, 0) is 25.5 Å². The maximum atomic E-state index is 10.5. The summed E-state index contributed by atoms with van der Waals surface area (Å²) < 4.78 is 0. The number of aliphatic carboxylic acids is 1. The summed E-state index contributed by atoms with van der Waals surface area (Å²) in [6, 6.07) is 3.78. The summed E-state index contributed by atoms with van der Waals surface area (Å²) in [5, 5.41) is 21.2. The van der Waals surface area contributed by atoms with Crippen molar-refractivity contribution in [1.29, 1.82) is 0 Å². The van der Waals surface area contributed by atoms with Crippen LogP contribution in [0.25, 0.3) is 0 Å². The van der Waals surface area contributed by atoms with Gasteiger partial charge in [-0.25, -0.2) is 0 Å². The van der Waals surface area contributed by atoms with Gasteiger partial charge < -0.3 is 15.5 Å². The normalized spacial score (nSPS) is 14.5. The number of hydrogen-bond acceptors (Lipinski definition) is 4. The molecule has 0 saturated carbocycles. The summed E-state index contributed by atoms with van der Waals surface area (Å²) >= 11 is 1.50. The van der Waals surface area contributed by atoms with Crippen LogP contribution in [-0.4, -0.2) is 28.3 Å². The molecule has 4 nitrogen and oxygen atoms in total. The fourth-order valence-electron chi connectivity index (χ4n) is 1.35. The van der Waals surface area contributed by atoms with Crippen molar-refractivity contribution in [3.8, 4) is 0 Å². The van der Waals surface area contributed by atoms with Crippen molar-refractivity contribution in [3.63, 3.8) is 0 Å². The van der Waals surface area contributed by atoms with Gasteiger partial charge in [0, 0.05) is 21.8 Å². The molecule has 0 radical (unpaired) electrons. The first-order valence-corrected chi connectivity index (χ1v) is 6.46. The van der Waals surface area contributed by atoms with E-state index in [0.717, 1.165) is 16.2 Å². The number of carboxylic acid groups (broad SMARTS) is 1. The zero-order valence-corrected chi connectivity index (χ0v) is 11.0. The molecule has 96 valence electrons. The van der Waals surface area contributed by atoms with Gasteiger partial charge in [0.1, 0.15) is 0 Å². The number of carbonyl (C=O) groups is 1. The highest BCUT2D eigenvalue weighted by Gasteiger charge is 2.19. The van der Waals surface area contributed by atoms with E-state index in [1.807, 2.05) is 26.0 Å². The molecule has 17 heavy (non-hydrogen) atoms. The van der Waals surface area contributed by atoms with Gasteiger partial charge in [-0.3, -0.25) is 4.79 Å². The molecule has 1 unspecified atom stereocenters. The van der Waals surface area contributed by atoms with Gasteiger partial charge in [-0.1, -0.05) is 6.92 Å². The third-order valence-electron chi connectivity index (χ3n) is 2.86. The Bertz CT molecular complexity index is 372. The number of nitrogens with one attached hydrogen (secondary N) is 1. The number of aliphatic hydroxyl groups is 1. The minimum Gasteiger partial charge on any atom is -0.481 e. The van der Waals surface area contributed by atoms with Crippen molar-refractivity contribution in [2.24, 2.45) is 0 Å². The van der Waals surface area contributed by atoms with Crippen molar-refractivity contribution >= 4 is 17.3 Å². The quantitative estimate of drug-likeness (QED) is 0.694. The molecule has 0 saturated heterocycles. The van der Waals surface area contributed by atoms with Gasteiger partial charge in [0.2, 0.25) is 0 Å². The first kappa shape index (κ1) is 14.2. The minimum absolute atomic E-state index is 0.0791. The van der Waals surface area contributed by atoms with Gasteiger partial charge in [0.15, 0.2) is 0 Å². The average molecular weight is 257 g/mol. The molecule has 0 amide bonds. The maximum Gasteiger partial charge on any atom is 0.308 e. The Kier molecular flexibility index (Phi) is 5.11.